The van der Waals surface area contributed by atoms with Crippen LogP contribution in [-0.4, -0.2) is 0 Å². The molecular formula is C15H14BrF2N. The van der Waals surface area contributed by atoms with E-state index in [1.54, 1.807) is 19.1 Å². The van der Waals surface area contributed by atoms with Gasteiger partial charge in [-0.15, -0.1) is 0 Å². The third-order valence-electron chi connectivity index (χ3n) is 3.28. The molecule has 0 saturated carbocycles. The van der Waals surface area contributed by atoms with E-state index in [4.69, 9.17) is 5.73 Å². The summed E-state index contributed by atoms with van der Waals surface area (Å²) in [5.41, 5.74) is 7.95. The largest absolute Gasteiger partial charge is 0.320 e. The lowest BCUT2D eigenvalue weighted by molar-refractivity contribution is 0.537. The fraction of sp³-hybridized carbons (Fsp3) is 0.200. The smallest absolute Gasteiger partial charge is 0.134 e. The molecule has 0 spiro atoms. The molecule has 0 aromatic heterocycles. The number of halogens is 3. The van der Waals surface area contributed by atoms with Crippen LogP contribution >= 0.6 is 15.9 Å². The molecule has 0 amide bonds. The van der Waals surface area contributed by atoms with E-state index in [9.17, 15) is 8.78 Å². The lowest BCUT2D eigenvalue weighted by atomic mass is 9.94. The van der Waals surface area contributed by atoms with Crippen molar-refractivity contribution in [1.29, 1.82) is 0 Å². The highest BCUT2D eigenvalue weighted by molar-refractivity contribution is 9.10. The SMILES string of the molecule is Cc1ccc(F)c(C(N)c2cccc(Br)c2C)c1F. The first-order valence-electron chi connectivity index (χ1n) is 5.88. The maximum absolute atomic E-state index is 14.1. The van der Waals surface area contributed by atoms with Crippen LogP contribution in [-0.2, 0) is 0 Å². The second kappa shape index (κ2) is 5.39. The van der Waals surface area contributed by atoms with Crippen LogP contribution < -0.4 is 5.73 Å². The Balaban J connectivity index is 2.59. The fourth-order valence-corrected chi connectivity index (χ4v) is 2.46. The van der Waals surface area contributed by atoms with Gasteiger partial charge in [0, 0.05) is 10.0 Å². The Kier molecular flexibility index (Phi) is 4.02. The van der Waals surface area contributed by atoms with Crippen LogP contribution in [0.15, 0.2) is 34.8 Å². The predicted octanol–water partition coefficient (Wildman–Crippen LogP) is 4.39. The Bertz CT molecular complexity index is 626. The highest BCUT2D eigenvalue weighted by Gasteiger charge is 2.21. The Morgan fingerprint density at radius 3 is 2.47 bits per heavy atom. The third kappa shape index (κ3) is 2.55. The molecule has 2 N–H and O–H groups in total. The second-order valence-corrected chi connectivity index (χ2v) is 5.38. The summed E-state index contributed by atoms with van der Waals surface area (Å²) in [4.78, 5) is 0. The monoisotopic (exact) mass is 325 g/mol. The van der Waals surface area contributed by atoms with Crippen LogP contribution in [0.25, 0.3) is 0 Å². The minimum absolute atomic E-state index is 0.0822. The van der Waals surface area contributed by atoms with Gasteiger partial charge in [-0.25, -0.2) is 8.78 Å². The van der Waals surface area contributed by atoms with Crippen LogP contribution in [0.5, 0.6) is 0 Å². The predicted molar refractivity (Wildman–Crippen MR) is 76.0 cm³/mol. The molecule has 0 aliphatic carbocycles. The summed E-state index contributed by atoms with van der Waals surface area (Å²) in [6.45, 7) is 3.46. The van der Waals surface area contributed by atoms with Gasteiger partial charge in [0.05, 0.1) is 6.04 Å². The molecule has 0 aliphatic rings. The van der Waals surface area contributed by atoms with Gasteiger partial charge in [-0.1, -0.05) is 34.1 Å². The number of nitrogens with two attached hydrogens (primary N) is 1. The van der Waals surface area contributed by atoms with Crippen LogP contribution in [0, 0.1) is 25.5 Å². The molecule has 0 bridgehead atoms. The molecule has 2 aromatic rings. The molecule has 19 heavy (non-hydrogen) atoms. The zero-order chi connectivity index (χ0) is 14.2. The van der Waals surface area contributed by atoms with Crippen molar-refractivity contribution in [2.24, 2.45) is 5.73 Å². The normalized spacial score (nSPS) is 12.5. The Hall–Kier alpha value is -1.26. The van der Waals surface area contributed by atoms with Crippen LogP contribution in [0.1, 0.15) is 28.3 Å². The highest BCUT2D eigenvalue weighted by Crippen LogP contribution is 2.31. The van der Waals surface area contributed by atoms with E-state index in [0.717, 1.165) is 10.0 Å². The van der Waals surface area contributed by atoms with Gasteiger partial charge >= 0.3 is 0 Å². The van der Waals surface area contributed by atoms with Gasteiger partial charge in [0.15, 0.2) is 0 Å². The molecular weight excluding hydrogens is 312 g/mol. The molecule has 1 unspecified atom stereocenters. The van der Waals surface area contributed by atoms with Gasteiger partial charge in [0.25, 0.3) is 0 Å². The minimum Gasteiger partial charge on any atom is -0.320 e. The van der Waals surface area contributed by atoms with E-state index >= 15 is 0 Å². The Labute approximate surface area is 119 Å². The van der Waals surface area contributed by atoms with Crippen molar-refractivity contribution in [2.75, 3.05) is 0 Å². The molecule has 1 nitrogen and oxygen atoms in total. The molecule has 0 radical (unpaired) electrons. The number of benzene rings is 2. The molecule has 100 valence electrons. The highest BCUT2D eigenvalue weighted by atomic mass is 79.9. The topological polar surface area (TPSA) is 26.0 Å². The average Bonchev–Trinajstić information content (AvgIpc) is 2.37. The van der Waals surface area contributed by atoms with Crippen molar-refractivity contribution >= 4 is 15.9 Å². The first kappa shape index (κ1) is 14.2. The Morgan fingerprint density at radius 2 is 1.79 bits per heavy atom. The molecule has 0 heterocycles. The third-order valence-corrected chi connectivity index (χ3v) is 4.13. The summed E-state index contributed by atoms with van der Waals surface area (Å²) in [6.07, 6.45) is 0. The number of rotatable bonds is 2. The van der Waals surface area contributed by atoms with E-state index in [0.29, 0.717) is 11.1 Å². The van der Waals surface area contributed by atoms with Gasteiger partial charge < -0.3 is 5.73 Å². The zero-order valence-corrected chi connectivity index (χ0v) is 12.3. The molecule has 0 fully saturated rings. The van der Waals surface area contributed by atoms with Gasteiger partial charge in [-0.2, -0.15) is 0 Å². The quantitative estimate of drug-likeness (QED) is 0.870. The van der Waals surface area contributed by atoms with Crippen LogP contribution in [0.4, 0.5) is 8.78 Å². The van der Waals surface area contributed by atoms with Crippen molar-refractivity contribution < 1.29 is 8.78 Å². The molecule has 0 saturated heterocycles. The lowest BCUT2D eigenvalue weighted by Crippen LogP contribution is -2.17. The lowest BCUT2D eigenvalue weighted by Gasteiger charge is -2.18. The van der Waals surface area contributed by atoms with E-state index in [1.807, 2.05) is 13.0 Å². The molecule has 2 aromatic carbocycles. The van der Waals surface area contributed by atoms with Crippen molar-refractivity contribution in [3.63, 3.8) is 0 Å². The first-order chi connectivity index (χ1) is 8.93. The minimum atomic E-state index is -0.822. The van der Waals surface area contributed by atoms with Crippen LogP contribution in [0.3, 0.4) is 0 Å². The summed E-state index contributed by atoms with van der Waals surface area (Å²) in [5, 5.41) is 0. The summed E-state index contributed by atoms with van der Waals surface area (Å²) in [5.74, 6) is -1.19. The second-order valence-electron chi connectivity index (χ2n) is 4.52. The van der Waals surface area contributed by atoms with Gasteiger partial charge in [0.2, 0.25) is 0 Å². The van der Waals surface area contributed by atoms with Crippen molar-refractivity contribution in [1.82, 2.24) is 0 Å². The maximum Gasteiger partial charge on any atom is 0.134 e. The molecule has 4 heteroatoms. The number of hydrogen-bond donors (Lipinski definition) is 1. The standard InChI is InChI=1S/C15H14BrF2N/c1-8-6-7-12(17)13(14(8)18)15(19)10-4-3-5-11(16)9(10)2/h3-7,15H,19H2,1-2H3. The summed E-state index contributed by atoms with van der Waals surface area (Å²) < 4.78 is 28.8. The number of aryl methyl sites for hydroxylation is 1. The number of hydrogen-bond acceptors (Lipinski definition) is 1. The van der Waals surface area contributed by atoms with Crippen LogP contribution in [0.2, 0.25) is 0 Å². The van der Waals surface area contributed by atoms with Crippen molar-refractivity contribution in [3.05, 3.63) is 68.7 Å². The molecule has 1 atom stereocenters. The average molecular weight is 326 g/mol. The maximum atomic E-state index is 14.1. The van der Waals surface area contributed by atoms with Gasteiger partial charge in [-0.3, -0.25) is 0 Å². The fourth-order valence-electron chi connectivity index (χ4n) is 2.08. The Morgan fingerprint density at radius 1 is 1.11 bits per heavy atom. The summed E-state index contributed by atoms with van der Waals surface area (Å²) >= 11 is 3.40. The molecule has 0 aliphatic heterocycles. The summed E-state index contributed by atoms with van der Waals surface area (Å²) in [7, 11) is 0. The van der Waals surface area contributed by atoms with Gasteiger partial charge in [-0.05, 0) is 42.7 Å². The summed E-state index contributed by atoms with van der Waals surface area (Å²) in [6, 6.07) is 7.30. The van der Waals surface area contributed by atoms with E-state index in [2.05, 4.69) is 15.9 Å². The van der Waals surface area contributed by atoms with Crippen molar-refractivity contribution in [3.8, 4) is 0 Å². The zero-order valence-electron chi connectivity index (χ0n) is 10.7. The molecule has 2 rings (SSSR count). The van der Waals surface area contributed by atoms with Gasteiger partial charge in [0.1, 0.15) is 11.6 Å². The van der Waals surface area contributed by atoms with Crippen molar-refractivity contribution in [2.45, 2.75) is 19.9 Å². The first-order valence-corrected chi connectivity index (χ1v) is 6.68. The van der Waals surface area contributed by atoms with E-state index in [-0.39, 0.29) is 5.56 Å². The van der Waals surface area contributed by atoms with E-state index < -0.39 is 17.7 Å². The van der Waals surface area contributed by atoms with E-state index in [1.165, 1.54) is 12.1 Å².